The minimum Gasteiger partial charge on any atom is -0.470 e. The van der Waals surface area contributed by atoms with Gasteiger partial charge in [0.1, 0.15) is 12.4 Å². The van der Waals surface area contributed by atoms with Crippen LogP contribution < -0.4 is 10.1 Å². The number of hydrogen-bond acceptors (Lipinski definition) is 6. The van der Waals surface area contributed by atoms with E-state index in [0.29, 0.717) is 19.0 Å². The topological polar surface area (TPSA) is 86.5 Å². The fourth-order valence-corrected chi connectivity index (χ4v) is 1.91. The Kier molecular flexibility index (Phi) is 4.51. The van der Waals surface area contributed by atoms with Gasteiger partial charge in [-0.3, -0.25) is 10.1 Å². The Hall–Kier alpha value is -1.89. The molecule has 1 atom stereocenters. The molecule has 1 aromatic heterocycles. The normalized spacial score (nSPS) is 18.3. The van der Waals surface area contributed by atoms with Crippen LogP contribution in [0.5, 0.6) is 5.88 Å². The smallest absolute Gasteiger partial charge is 0.331 e. The average Bonchev–Trinajstić information content (AvgIpc) is 2.89. The van der Waals surface area contributed by atoms with E-state index in [1.165, 1.54) is 6.07 Å². The third-order valence-corrected chi connectivity index (χ3v) is 2.82. The second-order valence-corrected chi connectivity index (χ2v) is 4.25. The summed E-state index contributed by atoms with van der Waals surface area (Å²) >= 11 is 0. The highest BCUT2D eigenvalue weighted by Crippen LogP contribution is 2.27. The SMILES string of the molecule is CCNc1ccc([N+](=O)[O-])c(OCC2CCCO2)n1. The van der Waals surface area contributed by atoms with E-state index >= 15 is 0 Å². The van der Waals surface area contributed by atoms with E-state index in [1.54, 1.807) is 6.07 Å². The average molecular weight is 267 g/mol. The molecule has 2 rings (SSSR count). The number of anilines is 1. The molecule has 1 N–H and O–H groups in total. The second kappa shape index (κ2) is 6.33. The lowest BCUT2D eigenvalue weighted by atomic mass is 10.2. The molecule has 1 saturated heterocycles. The maximum absolute atomic E-state index is 10.9. The second-order valence-electron chi connectivity index (χ2n) is 4.25. The fraction of sp³-hybridized carbons (Fsp3) is 0.583. The van der Waals surface area contributed by atoms with Gasteiger partial charge < -0.3 is 14.8 Å². The van der Waals surface area contributed by atoms with Crippen molar-refractivity contribution in [2.24, 2.45) is 0 Å². The Morgan fingerprint density at radius 1 is 1.63 bits per heavy atom. The maximum Gasteiger partial charge on any atom is 0.331 e. The van der Waals surface area contributed by atoms with Crippen LogP contribution in [0.25, 0.3) is 0 Å². The van der Waals surface area contributed by atoms with Crippen molar-refractivity contribution in [3.63, 3.8) is 0 Å². The molecule has 19 heavy (non-hydrogen) atoms. The first-order chi connectivity index (χ1) is 9.20. The Labute approximate surface area is 111 Å². The standard InChI is InChI=1S/C12H17N3O4/c1-2-13-11-6-5-10(15(16)17)12(14-11)19-8-9-4-3-7-18-9/h5-6,9H,2-4,7-8H2,1H3,(H,13,14). The zero-order valence-electron chi connectivity index (χ0n) is 10.8. The van der Waals surface area contributed by atoms with Crippen LogP contribution in [-0.2, 0) is 4.74 Å². The fourth-order valence-electron chi connectivity index (χ4n) is 1.91. The van der Waals surface area contributed by atoms with Crippen LogP contribution >= 0.6 is 0 Å². The summed E-state index contributed by atoms with van der Waals surface area (Å²) in [7, 11) is 0. The van der Waals surface area contributed by atoms with Crippen LogP contribution in [0.1, 0.15) is 19.8 Å². The molecule has 1 unspecified atom stereocenters. The molecule has 0 spiro atoms. The van der Waals surface area contributed by atoms with Gasteiger partial charge in [0, 0.05) is 19.2 Å². The zero-order chi connectivity index (χ0) is 13.7. The van der Waals surface area contributed by atoms with Crippen LogP contribution in [0.15, 0.2) is 12.1 Å². The number of nitro groups is 1. The van der Waals surface area contributed by atoms with Gasteiger partial charge >= 0.3 is 5.69 Å². The molecular weight excluding hydrogens is 250 g/mol. The lowest BCUT2D eigenvalue weighted by Crippen LogP contribution is -2.17. The predicted molar refractivity (Wildman–Crippen MR) is 69.5 cm³/mol. The number of rotatable bonds is 6. The largest absolute Gasteiger partial charge is 0.470 e. The molecule has 2 heterocycles. The van der Waals surface area contributed by atoms with Gasteiger partial charge in [-0.2, -0.15) is 4.98 Å². The molecule has 1 aliphatic heterocycles. The summed E-state index contributed by atoms with van der Waals surface area (Å²) in [5.41, 5.74) is -0.125. The van der Waals surface area contributed by atoms with Gasteiger partial charge in [0.15, 0.2) is 0 Å². The number of ether oxygens (including phenoxy) is 2. The number of hydrogen-bond donors (Lipinski definition) is 1. The summed E-state index contributed by atoms with van der Waals surface area (Å²) < 4.78 is 10.9. The highest BCUT2D eigenvalue weighted by atomic mass is 16.6. The molecule has 0 aliphatic carbocycles. The summed E-state index contributed by atoms with van der Waals surface area (Å²) in [6, 6.07) is 2.97. The van der Waals surface area contributed by atoms with Crippen molar-refractivity contribution in [1.82, 2.24) is 4.98 Å². The van der Waals surface area contributed by atoms with Gasteiger partial charge in [0.05, 0.1) is 11.0 Å². The lowest BCUT2D eigenvalue weighted by Gasteiger charge is -2.11. The van der Waals surface area contributed by atoms with Crippen molar-refractivity contribution in [2.45, 2.75) is 25.9 Å². The van der Waals surface area contributed by atoms with Crippen LogP contribution in [0, 0.1) is 10.1 Å². The van der Waals surface area contributed by atoms with Crippen LogP contribution in [0.2, 0.25) is 0 Å². The maximum atomic E-state index is 10.9. The van der Waals surface area contributed by atoms with Crippen molar-refractivity contribution in [3.05, 3.63) is 22.2 Å². The van der Waals surface area contributed by atoms with E-state index in [1.807, 2.05) is 6.92 Å². The molecule has 0 aromatic carbocycles. The molecular formula is C12H17N3O4. The van der Waals surface area contributed by atoms with Crippen LogP contribution in [-0.4, -0.2) is 35.8 Å². The molecule has 104 valence electrons. The van der Waals surface area contributed by atoms with Crippen LogP contribution in [0.4, 0.5) is 11.5 Å². The molecule has 0 radical (unpaired) electrons. The van der Waals surface area contributed by atoms with Gasteiger partial charge in [0.2, 0.25) is 0 Å². The summed E-state index contributed by atoms with van der Waals surface area (Å²) in [5.74, 6) is 0.606. The number of aromatic nitrogens is 1. The van der Waals surface area contributed by atoms with Crippen molar-refractivity contribution >= 4 is 11.5 Å². The Morgan fingerprint density at radius 2 is 2.47 bits per heavy atom. The van der Waals surface area contributed by atoms with E-state index in [2.05, 4.69) is 10.3 Å². The first-order valence-electron chi connectivity index (χ1n) is 6.34. The van der Waals surface area contributed by atoms with E-state index in [4.69, 9.17) is 9.47 Å². The van der Waals surface area contributed by atoms with Crippen molar-refractivity contribution in [1.29, 1.82) is 0 Å². The van der Waals surface area contributed by atoms with E-state index in [9.17, 15) is 10.1 Å². The van der Waals surface area contributed by atoms with Crippen LogP contribution in [0.3, 0.4) is 0 Å². The molecule has 1 fully saturated rings. The Morgan fingerprint density at radius 3 is 3.11 bits per heavy atom. The number of nitrogens with one attached hydrogen (secondary N) is 1. The minimum atomic E-state index is -0.492. The molecule has 7 nitrogen and oxygen atoms in total. The monoisotopic (exact) mass is 267 g/mol. The van der Waals surface area contributed by atoms with Gasteiger partial charge in [0.25, 0.3) is 5.88 Å². The molecule has 1 aliphatic rings. The first kappa shape index (κ1) is 13.5. The van der Waals surface area contributed by atoms with E-state index in [0.717, 1.165) is 19.4 Å². The minimum absolute atomic E-state index is 0.00388. The molecule has 0 bridgehead atoms. The number of pyridine rings is 1. The summed E-state index contributed by atoms with van der Waals surface area (Å²) in [5, 5.41) is 13.9. The Bertz CT molecular complexity index is 447. The summed E-state index contributed by atoms with van der Waals surface area (Å²) in [6.45, 7) is 3.64. The number of nitrogens with zero attached hydrogens (tertiary/aromatic N) is 2. The van der Waals surface area contributed by atoms with Crippen molar-refractivity contribution in [3.8, 4) is 5.88 Å². The molecule has 1 aromatic rings. The third-order valence-electron chi connectivity index (χ3n) is 2.82. The van der Waals surface area contributed by atoms with E-state index < -0.39 is 4.92 Å². The highest BCUT2D eigenvalue weighted by molar-refractivity contribution is 5.49. The van der Waals surface area contributed by atoms with Crippen molar-refractivity contribution < 1.29 is 14.4 Å². The van der Waals surface area contributed by atoms with Gasteiger partial charge in [-0.25, -0.2) is 0 Å². The van der Waals surface area contributed by atoms with Gasteiger partial charge in [-0.1, -0.05) is 0 Å². The van der Waals surface area contributed by atoms with Crippen molar-refractivity contribution in [2.75, 3.05) is 25.1 Å². The van der Waals surface area contributed by atoms with E-state index in [-0.39, 0.29) is 17.7 Å². The quantitative estimate of drug-likeness (QED) is 0.626. The van der Waals surface area contributed by atoms with Gasteiger partial charge in [-0.05, 0) is 25.8 Å². The Balaban J connectivity index is 2.09. The molecule has 7 heteroatoms. The lowest BCUT2D eigenvalue weighted by molar-refractivity contribution is -0.386. The zero-order valence-corrected chi connectivity index (χ0v) is 10.8. The molecule has 0 saturated carbocycles. The predicted octanol–water partition coefficient (Wildman–Crippen LogP) is 1.98. The van der Waals surface area contributed by atoms with Gasteiger partial charge in [-0.15, -0.1) is 0 Å². The first-order valence-corrected chi connectivity index (χ1v) is 6.34. The summed E-state index contributed by atoms with van der Waals surface area (Å²) in [6.07, 6.45) is 1.92. The highest BCUT2D eigenvalue weighted by Gasteiger charge is 2.21. The third kappa shape index (κ3) is 3.54. The molecule has 0 amide bonds. The summed E-state index contributed by atoms with van der Waals surface area (Å²) in [4.78, 5) is 14.5.